The van der Waals surface area contributed by atoms with E-state index in [4.69, 9.17) is 4.74 Å². The van der Waals surface area contributed by atoms with Crippen LogP contribution in [0.15, 0.2) is 30.5 Å². The van der Waals surface area contributed by atoms with E-state index >= 15 is 0 Å². The molecule has 0 unspecified atom stereocenters. The number of hydrogen-bond donors (Lipinski definition) is 1. The van der Waals surface area contributed by atoms with E-state index in [2.05, 4.69) is 15.3 Å². The minimum absolute atomic E-state index is 0.103. The smallest absolute Gasteiger partial charge is 0.259 e. The number of aryl methyl sites for hydroxylation is 1. The van der Waals surface area contributed by atoms with Crippen LogP contribution < -0.4 is 10.1 Å². The van der Waals surface area contributed by atoms with Gasteiger partial charge in [0.1, 0.15) is 5.75 Å². The molecule has 0 aliphatic carbocycles. The molecule has 0 radical (unpaired) electrons. The van der Waals surface area contributed by atoms with Crippen molar-refractivity contribution in [2.24, 2.45) is 5.41 Å². The van der Waals surface area contributed by atoms with E-state index in [1.165, 1.54) is 0 Å². The van der Waals surface area contributed by atoms with Gasteiger partial charge in [0, 0.05) is 18.2 Å². The van der Waals surface area contributed by atoms with Crippen LogP contribution >= 0.6 is 0 Å². The molecule has 7 heteroatoms. The first-order chi connectivity index (χ1) is 14.2. The number of likely N-dealkylation sites (tertiary alicyclic amines) is 1. The van der Waals surface area contributed by atoms with Gasteiger partial charge in [0.05, 0.1) is 30.1 Å². The molecule has 1 aliphatic heterocycles. The number of ether oxygens (including phenoxy) is 1. The lowest BCUT2D eigenvalue weighted by Gasteiger charge is -2.38. The molecule has 3 rings (SSSR count). The molecule has 2 amide bonds. The zero-order chi connectivity index (χ0) is 21.9. The van der Waals surface area contributed by atoms with Gasteiger partial charge in [-0.15, -0.1) is 0 Å². The molecule has 1 aliphatic rings. The average molecular weight is 411 g/mol. The van der Waals surface area contributed by atoms with Crippen LogP contribution in [0.4, 0.5) is 5.69 Å². The quantitative estimate of drug-likeness (QED) is 0.819. The fourth-order valence-corrected chi connectivity index (χ4v) is 3.68. The Hall–Kier alpha value is -2.96. The molecule has 0 saturated carbocycles. The second-order valence-corrected chi connectivity index (χ2v) is 8.64. The lowest BCUT2D eigenvalue weighted by atomic mass is 9.91. The normalized spacial score (nSPS) is 16.8. The molecule has 0 bridgehead atoms. The van der Waals surface area contributed by atoms with Crippen molar-refractivity contribution in [3.8, 4) is 5.75 Å². The van der Waals surface area contributed by atoms with Gasteiger partial charge in [-0.2, -0.15) is 0 Å². The highest BCUT2D eigenvalue weighted by atomic mass is 16.5. The Labute approximate surface area is 177 Å². The number of amides is 2. The summed E-state index contributed by atoms with van der Waals surface area (Å²) in [4.78, 5) is 36.7. The molecule has 1 fully saturated rings. The maximum atomic E-state index is 12.9. The monoisotopic (exact) mass is 410 g/mol. The number of nitrogens with one attached hydrogen (secondary N) is 1. The molecule has 1 aromatic heterocycles. The zero-order valence-corrected chi connectivity index (χ0v) is 18.4. The summed E-state index contributed by atoms with van der Waals surface area (Å²) < 4.78 is 5.29. The highest BCUT2D eigenvalue weighted by molar-refractivity contribution is 6.05. The summed E-state index contributed by atoms with van der Waals surface area (Å²) in [6.45, 7) is 8.29. The van der Waals surface area contributed by atoms with Gasteiger partial charge in [0.15, 0.2) is 5.82 Å². The third-order valence-electron chi connectivity index (χ3n) is 5.30. The van der Waals surface area contributed by atoms with Crippen LogP contribution in [0.25, 0.3) is 0 Å². The molecule has 30 heavy (non-hydrogen) atoms. The maximum Gasteiger partial charge on any atom is 0.259 e. The third kappa shape index (κ3) is 4.61. The van der Waals surface area contributed by atoms with Crippen molar-refractivity contribution in [3.63, 3.8) is 0 Å². The predicted octanol–water partition coefficient (Wildman–Crippen LogP) is 4.15. The number of carbonyl (C=O) groups is 2. The van der Waals surface area contributed by atoms with Gasteiger partial charge in [0.2, 0.25) is 5.91 Å². The number of hydrogen-bond acceptors (Lipinski definition) is 5. The van der Waals surface area contributed by atoms with Crippen molar-refractivity contribution in [3.05, 3.63) is 47.5 Å². The van der Waals surface area contributed by atoms with Gasteiger partial charge in [-0.25, -0.2) is 9.97 Å². The largest absolute Gasteiger partial charge is 0.495 e. The number of methoxy groups -OCH3 is 1. The number of piperidine rings is 1. The van der Waals surface area contributed by atoms with Gasteiger partial charge in [-0.3, -0.25) is 9.59 Å². The molecule has 2 heterocycles. The molecular weight excluding hydrogens is 380 g/mol. The van der Waals surface area contributed by atoms with E-state index in [-0.39, 0.29) is 17.9 Å². The van der Waals surface area contributed by atoms with Gasteiger partial charge >= 0.3 is 0 Å². The van der Waals surface area contributed by atoms with Crippen molar-refractivity contribution in [1.82, 2.24) is 14.9 Å². The molecular formula is C23H30N4O3. The summed E-state index contributed by atoms with van der Waals surface area (Å²) in [6, 6.07) is 7.07. The Kier molecular flexibility index (Phi) is 6.39. The van der Waals surface area contributed by atoms with Crippen molar-refractivity contribution >= 4 is 17.5 Å². The first-order valence-corrected chi connectivity index (χ1v) is 10.3. The van der Waals surface area contributed by atoms with Crippen molar-refractivity contribution in [1.29, 1.82) is 0 Å². The molecule has 1 saturated heterocycles. The SMILES string of the molecule is COc1ccccc1NC(=O)c1cnc([C@H]2CCCCN2C(=O)C(C)(C)C)nc1C. The van der Waals surface area contributed by atoms with Gasteiger partial charge in [0.25, 0.3) is 5.91 Å². The Bertz CT molecular complexity index is 936. The van der Waals surface area contributed by atoms with Crippen molar-refractivity contribution in [2.45, 2.75) is 53.0 Å². The highest BCUT2D eigenvalue weighted by Gasteiger charge is 2.35. The van der Waals surface area contributed by atoms with Crippen LogP contribution in [0.3, 0.4) is 0 Å². The van der Waals surface area contributed by atoms with Crippen LogP contribution in [-0.4, -0.2) is 40.3 Å². The lowest BCUT2D eigenvalue weighted by molar-refractivity contribution is -0.143. The molecule has 1 N–H and O–H groups in total. The van der Waals surface area contributed by atoms with Crippen LogP contribution in [0.1, 0.15) is 68.0 Å². The van der Waals surface area contributed by atoms with Gasteiger partial charge < -0.3 is 15.0 Å². The number of carbonyl (C=O) groups excluding carboxylic acids is 2. The number of para-hydroxylation sites is 2. The van der Waals surface area contributed by atoms with Crippen molar-refractivity contribution < 1.29 is 14.3 Å². The maximum absolute atomic E-state index is 12.9. The first kappa shape index (κ1) is 21.7. The Morgan fingerprint density at radius 2 is 1.93 bits per heavy atom. The van der Waals surface area contributed by atoms with Crippen molar-refractivity contribution in [2.75, 3.05) is 19.0 Å². The van der Waals surface area contributed by atoms with E-state index in [1.54, 1.807) is 32.4 Å². The summed E-state index contributed by atoms with van der Waals surface area (Å²) in [5.74, 6) is 0.986. The Balaban J connectivity index is 1.83. The molecule has 7 nitrogen and oxygen atoms in total. The number of aromatic nitrogens is 2. The van der Waals surface area contributed by atoms with E-state index in [0.29, 0.717) is 35.1 Å². The van der Waals surface area contributed by atoms with Crippen LogP contribution in [0, 0.1) is 12.3 Å². The number of anilines is 1. The van der Waals surface area contributed by atoms with E-state index in [9.17, 15) is 9.59 Å². The van der Waals surface area contributed by atoms with E-state index in [0.717, 1.165) is 19.3 Å². The highest BCUT2D eigenvalue weighted by Crippen LogP contribution is 2.33. The number of nitrogens with zero attached hydrogens (tertiary/aromatic N) is 3. The lowest BCUT2D eigenvalue weighted by Crippen LogP contribution is -2.44. The Morgan fingerprint density at radius 3 is 2.60 bits per heavy atom. The second-order valence-electron chi connectivity index (χ2n) is 8.64. The summed E-state index contributed by atoms with van der Waals surface area (Å²) in [5.41, 5.74) is 1.11. The number of benzene rings is 1. The summed E-state index contributed by atoms with van der Waals surface area (Å²) >= 11 is 0. The molecule has 160 valence electrons. The summed E-state index contributed by atoms with van der Waals surface area (Å²) in [6.07, 6.45) is 4.39. The predicted molar refractivity (Wildman–Crippen MR) is 115 cm³/mol. The zero-order valence-electron chi connectivity index (χ0n) is 18.4. The second kappa shape index (κ2) is 8.81. The third-order valence-corrected chi connectivity index (χ3v) is 5.30. The Morgan fingerprint density at radius 1 is 1.20 bits per heavy atom. The fraction of sp³-hybridized carbons (Fsp3) is 0.478. The molecule has 0 spiro atoms. The number of rotatable bonds is 4. The van der Waals surface area contributed by atoms with Crippen LogP contribution in [0.2, 0.25) is 0 Å². The first-order valence-electron chi connectivity index (χ1n) is 10.3. The van der Waals surface area contributed by atoms with E-state index < -0.39 is 5.41 Å². The average Bonchev–Trinajstić information content (AvgIpc) is 2.72. The molecule has 1 aromatic carbocycles. The fourth-order valence-electron chi connectivity index (χ4n) is 3.68. The summed E-state index contributed by atoms with van der Waals surface area (Å²) in [7, 11) is 1.56. The topological polar surface area (TPSA) is 84.4 Å². The van der Waals surface area contributed by atoms with Crippen LogP contribution in [-0.2, 0) is 4.79 Å². The molecule has 1 atom stereocenters. The van der Waals surface area contributed by atoms with Gasteiger partial charge in [-0.1, -0.05) is 32.9 Å². The van der Waals surface area contributed by atoms with E-state index in [1.807, 2.05) is 37.8 Å². The van der Waals surface area contributed by atoms with Gasteiger partial charge in [-0.05, 0) is 38.3 Å². The minimum Gasteiger partial charge on any atom is -0.495 e. The molecule has 2 aromatic rings. The summed E-state index contributed by atoms with van der Waals surface area (Å²) in [5, 5.41) is 2.86. The standard InChI is InChI=1S/C23H30N4O3/c1-15-16(21(28)26-17-10-6-7-12-19(17)30-5)14-24-20(25-15)18-11-8-9-13-27(18)22(29)23(2,3)4/h6-7,10,12,14,18H,8-9,11,13H2,1-5H3,(H,26,28)/t18-/m1/s1. The minimum atomic E-state index is -0.459. The van der Waals surface area contributed by atoms with Crippen LogP contribution in [0.5, 0.6) is 5.75 Å².